The molecule has 1 aliphatic heterocycles. The number of hydrogen-bond donors (Lipinski definition) is 3. The number of ether oxygens (including phenoxy) is 2. The average Bonchev–Trinajstić information content (AvgIpc) is 2.75. The SMILES string of the molecule is C=N/C(C)=C\C=C(/C)CN1/C=N/C(OCC(CC)OCCCC)N/C(N)=C/NC(=O)C1. The Morgan fingerprint density at radius 2 is 2.23 bits per heavy atom. The van der Waals surface area contributed by atoms with Crippen LogP contribution in [0.3, 0.4) is 0 Å². The molecule has 0 saturated carbocycles. The predicted molar refractivity (Wildman–Crippen MR) is 125 cm³/mol. The molecule has 0 aromatic heterocycles. The normalized spacial score (nSPS) is 22.1. The number of nitrogens with two attached hydrogens (primary N) is 1. The lowest BCUT2D eigenvalue weighted by molar-refractivity contribution is -0.120. The molecule has 4 N–H and O–H groups in total. The zero-order chi connectivity index (χ0) is 23.1. The van der Waals surface area contributed by atoms with E-state index < -0.39 is 6.35 Å². The Labute approximate surface area is 186 Å². The van der Waals surface area contributed by atoms with E-state index in [0.717, 1.165) is 30.5 Å². The van der Waals surface area contributed by atoms with Crippen LogP contribution in [0.4, 0.5) is 0 Å². The second kappa shape index (κ2) is 15.2. The molecule has 9 heteroatoms. The van der Waals surface area contributed by atoms with E-state index in [1.807, 2.05) is 26.0 Å². The van der Waals surface area contributed by atoms with Crippen LogP contribution in [0.25, 0.3) is 0 Å². The Hall–Kier alpha value is -2.65. The molecule has 0 aliphatic carbocycles. The summed E-state index contributed by atoms with van der Waals surface area (Å²) in [5, 5.41) is 5.62. The minimum atomic E-state index is -0.700. The molecule has 0 saturated heterocycles. The summed E-state index contributed by atoms with van der Waals surface area (Å²) in [5.74, 6) is 0.0655. The van der Waals surface area contributed by atoms with Gasteiger partial charge in [0.15, 0.2) is 0 Å². The summed E-state index contributed by atoms with van der Waals surface area (Å²) in [6, 6.07) is 0. The van der Waals surface area contributed by atoms with Crippen molar-refractivity contribution in [1.29, 1.82) is 0 Å². The van der Waals surface area contributed by atoms with Crippen molar-refractivity contribution >= 4 is 19.0 Å². The molecule has 0 radical (unpaired) electrons. The molecule has 1 heterocycles. The van der Waals surface area contributed by atoms with Crippen molar-refractivity contribution in [2.75, 3.05) is 26.3 Å². The van der Waals surface area contributed by atoms with Gasteiger partial charge in [0.1, 0.15) is 5.82 Å². The second-order valence-electron chi connectivity index (χ2n) is 7.40. The van der Waals surface area contributed by atoms with Gasteiger partial charge in [-0.3, -0.25) is 9.79 Å². The number of nitrogens with zero attached hydrogens (tertiary/aromatic N) is 3. The number of carbonyl (C=O) groups is 1. The Balaban J connectivity index is 2.84. The summed E-state index contributed by atoms with van der Waals surface area (Å²) in [4.78, 5) is 22.3. The van der Waals surface area contributed by atoms with E-state index in [1.165, 1.54) is 6.20 Å². The van der Waals surface area contributed by atoms with Crippen LogP contribution in [0.1, 0.15) is 47.0 Å². The number of unbranched alkanes of at least 4 members (excludes halogenated alkanes) is 1. The van der Waals surface area contributed by atoms with Crippen LogP contribution in [-0.4, -0.2) is 62.6 Å². The summed E-state index contributed by atoms with van der Waals surface area (Å²) in [6.07, 6.45) is 9.06. The lowest BCUT2D eigenvalue weighted by atomic mass is 10.2. The summed E-state index contributed by atoms with van der Waals surface area (Å²) in [5.41, 5.74) is 7.77. The van der Waals surface area contributed by atoms with Crippen LogP contribution in [0.2, 0.25) is 0 Å². The van der Waals surface area contributed by atoms with E-state index in [1.54, 1.807) is 11.2 Å². The highest BCUT2D eigenvalue weighted by Crippen LogP contribution is 2.05. The third kappa shape index (κ3) is 12.0. The molecule has 1 rings (SSSR count). The molecule has 0 fully saturated rings. The molecule has 1 amide bonds. The van der Waals surface area contributed by atoms with Gasteiger partial charge in [-0.25, -0.2) is 4.99 Å². The zero-order valence-electron chi connectivity index (χ0n) is 19.3. The number of carbonyl (C=O) groups excluding carboxylic acids is 1. The molecule has 31 heavy (non-hydrogen) atoms. The maximum atomic E-state index is 12.2. The Morgan fingerprint density at radius 1 is 1.45 bits per heavy atom. The highest BCUT2D eigenvalue weighted by atomic mass is 16.5. The van der Waals surface area contributed by atoms with Gasteiger partial charge >= 0.3 is 0 Å². The Morgan fingerprint density at radius 3 is 2.90 bits per heavy atom. The number of hydrogen-bond acceptors (Lipinski definition) is 8. The maximum absolute atomic E-state index is 12.2. The van der Waals surface area contributed by atoms with Crippen LogP contribution in [-0.2, 0) is 14.3 Å². The first kappa shape index (κ1) is 26.4. The topological polar surface area (TPSA) is 114 Å². The van der Waals surface area contributed by atoms with Gasteiger partial charge in [0, 0.05) is 25.0 Å². The van der Waals surface area contributed by atoms with Crippen molar-refractivity contribution in [3.8, 4) is 0 Å². The quantitative estimate of drug-likeness (QED) is 0.247. The van der Waals surface area contributed by atoms with E-state index >= 15 is 0 Å². The summed E-state index contributed by atoms with van der Waals surface area (Å²) >= 11 is 0. The summed E-state index contributed by atoms with van der Waals surface area (Å²) in [7, 11) is 0. The van der Waals surface area contributed by atoms with Crippen molar-refractivity contribution in [3.63, 3.8) is 0 Å². The molecule has 2 unspecified atom stereocenters. The number of aliphatic imine (C=N–C) groups is 2. The molecule has 2 atom stereocenters. The average molecular weight is 435 g/mol. The van der Waals surface area contributed by atoms with E-state index in [2.05, 4.69) is 41.2 Å². The van der Waals surface area contributed by atoms with Crippen LogP contribution in [0.15, 0.2) is 45.4 Å². The molecule has 174 valence electrons. The van der Waals surface area contributed by atoms with Crippen LogP contribution in [0.5, 0.6) is 0 Å². The first-order valence-electron chi connectivity index (χ1n) is 10.7. The fraction of sp³-hybridized carbons (Fsp3) is 0.591. The van der Waals surface area contributed by atoms with Crippen LogP contribution in [0, 0.1) is 0 Å². The van der Waals surface area contributed by atoms with E-state index in [-0.39, 0.29) is 24.4 Å². The van der Waals surface area contributed by atoms with Gasteiger partial charge in [0.25, 0.3) is 0 Å². The van der Waals surface area contributed by atoms with Gasteiger partial charge in [-0.1, -0.05) is 31.9 Å². The minimum Gasteiger partial charge on any atom is -0.384 e. The van der Waals surface area contributed by atoms with Gasteiger partial charge in [-0.15, -0.1) is 0 Å². The monoisotopic (exact) mass is 434 g/mol. The minimum absolute atomic E-state index is 0.0151. The first-order valence-corrected chi connectivity index (χ1v) is 10.7. The molecule has 0 spiro atoms. The van der Waals surface area contributed by atoms with Gasteiger partial charge < -0.3 is 30.7 Å². The molecular formula is C22H38N6O3. The largest absolute Gasteiger partial charge is 0.384 e. The molecule has 0 bridgehead atoms. The van der Waals surface area contributed by atoms with Gasteiger partial charge in [0.2, 0.25) is 12.3 Å². The summed E-state index contributed by atoms with van der Waals surface area (Å²) in [6.45, 7) is 13.3. The van der Waals surface area contributed by atoms with Crippen molar-refractivity contribution in [3.05, 3.63) is 35.4 Å². The smallest absolute Gasteiger partial charge is 0.243 e. The molecular weight excluding hydrogens is 396 g/mol. The second-order valence-corrected chi connectivity index (χ2v) is 7.40. The molecule has 0 aromatic carbocycles. The van der Waals surface area contributed by atoms with Crippen LogP contribution >= 0.6 is 0 Å². The van der Waals surface area contributed by atoms with E-state index in [9.17, 15) is 4.79 Å². The number of nitrogens with one attached hydrogen (secondary N) is 2. The van der Waals surface area contributed by atoms with E-state index in [4.69, 9.17) is 15.2 Å². The lowest BCUT2D eigenvalue weighted by Crippen LogP contribution is -2.41. The van der Waals surface area contributed by atoms with Gasteiger partial charge in [-0.2, -0.15) is 0 Å². The predicted octanol–water partition coefficient (Wildman–Crippen LogP) is 2.24. The van der Waals surface area contributed by atoms with Crippen molar-refractivity contribution in [2.45, 2.75) is 59.4 Å². The van der Waals surface area contributed by atoms with Crippen molar-refractivity contribution in [1.82, 2.24) is 15.5 Å². The number of amides is 1. The fourth-order valence-electron chi connectivity index (χ4n) is 2.55. The van der Waals surface area contributed by atoms with Crippen LogP contribution < -0.4 is 16.4 Å². The van der Waals surface area contributed by atoms with Crippen molar-refractivity contribution in [2.24, 2.45) is 15.7 Å². The zero-order valence-corrected chi connectivity index (χ0v) is 19.3. The summed E-state index contributed by atoms with van der Waals surface area (Å²) < 4.78 is 11.8. The van der Waals surface area contributed by atoms with Crippen molar-refractivity contribution < 1.29 is 14.3 Å². The van der Waals surface area contributed by atoms with Gasteiger partial charge in [-0.05, 0) is 39.5 Å². The first-order chi connectivity index (χ1) is 14.9. The highest BCUT2D eigenvalue weighted by Gasteiger charge is 2.15. The fourth-order valence-corrected chi connectivity index (χ4v) is 2.55. The lowest BCUT2D eigenvalue weighted by Gasteiger charge is -2.24. The molecule has 9 nitrogen and oxygen atoms in total. The number of rotatable bonds is 12. The third-order valence-electron chi connectivity index (χ3n) is 4.45. The molecule has 0 aromatic rings. The van der Waals surface area contributed by atoms with E-state index in [0.29, 0.717) is 19.8 Å². The Bertz CT molecular complexity index is 687. The highest BCUT2D eigenvalue weighted by molar-refractivity contribution is 5.81. The Kier molecular flexibility index (Phi) is 12.9. The third-order valence-corrected chi connectivity index (χ3v) is 4.45. The van der Waals surface area contributed by atoms with Gasteiger partial charge in [0.05, 0.1) is 25.6 Å². The molecule has 1 aliphatic rings. The number of allylic oxidation sites excluding steroid dienone is 3. The standard InChI is InChI=1S/C22H38N6O3/c1-6-8-11-30-19(7-2)15-31-22-26-16-28(13-17(3)9-10-18(4)24-5)14-21(29)25-12-20(23)27-22/h9-10,12,16,19,22,27H,5-8,11,13-15,23H2,1-4H3,(H,25,29)/b17-9+,18-10-,20-12+,26-16+. The maximum Gasteiger partial charge on any atom is 0.243 e.